The van der Waals surface area contributed by atoms with Gasteiger partial charge in [-0.25, -0.2) is 4.98 Å². The topological polar surface area (TPSA) is 39.1 Å². The summed E-state index contributed by atoms with van der Waals surface area (Å²) in [6.45, 7) is 0.753. The Morgan fingerprint density at radius 2 is 2.32 bits per heavy atom. The number of halogens is 1. The van der Waals surface area contributed by atoms with Crippen molar-refractivity contribution in [1.82, 2.24) is 9.55 Å². The molecule has 3 rings (SSSR count). The van der Waals surface area contributed by atoms with E-state index in [0.717, 1.165) is 22.5 Å². The number of nitrogens with one attached hydrogen (secondary N) is 1. The number of methoxy groups -OCH3 is 1. The molecule has 0 saturated heterocycles. The lowest BCUT2D eigenvalue weighted by molar-refractivity contribution is 0.416. The van der Waals surface area contributed by atoms with Crippen molar-refractivity contribution < 1.29 is 4.74 Å². The van der Waals surface area contributed by atoms with Gasteiger partial charge in [-0.3, -0.25) is 0 Å². The van der Waals surface area contributed by atoms with Crippen LogP contribution in [0.3, 0.4) is 0 Å². The van der Waals surface area contributed by atoms with Gasteiger partial charge in [-0.15, -0.1) is 0 Å². The minimum Gasteiger partial charge on any atom is -0.495 e. The fourth-order valence-corrected chi connectivity index (χ4v) is 2.52. The first-order valence-electron chi connectivity index (χ1n) is 6.36. The van der Waals surface area contributed by atoms with E-state index in [2.05, 4.69) is 30.8 Å². The Morgan fingerprint density at radius 1 is 1.47 bits per heavy atom. The summed E-state index contributed by atoms with van der Waals surface area (Å²) in [5, 5.41) is 3.41. The van der Waals surface area contributed by atoms with Crippen LogP contribution in [0, 0.1) is 0 Å². The number of imidazole rings is 1. The van der Waals surface area contributed by atoms with Gasteiger partial charge in [0.1, 0.15) is 5.75 Å². The summed E-state index contributed by atoms with van der Waals surface area (Å²) in [4.78, 5) is 4.24. The van der Waals surface area contributed by atoms with Crippen LogP contribution in [-0.2, 0) is 6.54 Å². The van der Waals surface area contributed by atoms with E-state index in [4.69, 9.17) is 4.74 Å². The number of nitrogens with zero attached hydrogens (tertiary/aromatic N) is 2. The number of hydrogen-bond donors (Lipinski definition) is 1. The summed E-state index contributed by atoms with van der Waals surface area (Å²) in [7, 11) is 1.68. The molecule has 19 heavy (non-hydrogen) atoms. The van der Waals surface area contributed by atoms with Crippen LogP contribution >= 0.6 is 15.9 Å². The van der Waals surface area contributed by atoms with Crippen LogP contribution in [0.4, 0.5) is 5.69 Å². The molecule has 1 fully saturated rings. The second-order valence-corrected chi connectivity index (χ2v) is 5.64. The fraction of sp³-hybridized carbons (Fsp3) is 0.357. The molecular weight excluding hydrogens is 306 g/mol. The third kappa shape index (κ3) is 2.76. The first-order valence-corrected chi connectivity index (χ1v) is 7.15. The molecule has 1 aliphatic rings. The Morgan fingerprint density at radius 3 is 3.05 bits per heavy atom. The van der Waals surface area contributed by atoms with Gasteiger partial charge in [0.15, 0.2) is 0 Å². The van der Waals surface area contributed by atoms with E-state index in [1.165, 1.54) is 18.5 Å². The summed E-state index contributed by atoms with van der Waals surface area (Å²) in [5.74, 6) is 0.848. The second kappa shape index (κ2) is 5.25. The predicted molar refractivity (Wildman–Crippen MR) is 78.5 cm³/mol. The van der Waals surface area contributed by atoms with Crippen molar-refractivity contribution >= 4 is 21.6 Å². The molecule has 5 heteroatoms. The Kier molecular flexibility index (Phi) is 3.46. The molecule has 0 radical (unpaired) electrons. The molecule has 1 aliphatic carbocycles. The van der Waals surface area contributed by atoms with E-state index < -0.39 is 0 Å². The Labute approximate surface area is 120 Å². The summed E-state index contributed by atoms with van der Waals surface area (Å²) >= 11 is 3.48. The standard InChI is InChI=1S/C14H16BrN3O/c1-19-14-5-2-10(15)6-13(14)17-8-12-7-16-9-18(12)11-3-4-11/h2,5-7,9,11,17H,3-4,8H2,1H3. The predicted octanol–water partition coefficient (Wildman–Crippen LogP) is 3.60. The zero-order chi connectivity index (χ0) is 13.2. The highest BCUT2D eigenvalue weighted by Crippen LogP contribution is 2.36. The molecule has 0 amide bonds. The Hall–Kier alpha value is -1.49. The molecule has 0 unspecified atom stereocenters. The molecule has 0 atom stereocenters. The summed E-state index contributed by atoms with van der Waals surface area (Å²) in [6.07, 6.45) is 6.38. The van der Waals surface area contributed by atoms with Crippen LogP contribution in [-0.4, -0.2) is 16.7 Å². The lowest BCUT2D eigenvalue weighted by Crippen LogP contribution is -2.06. The molecule has 2 aromatic rings. The first kappa shape index (κ1) is 12.5. The minimum atomic E-state index is 0.656. The molecular formula is C14H16BrN3O. The molecule has 0 aliphatic heterocycles. The zero-order valence-electron chi connectivity index (χ0n) is 10.8. The van der Waals surface area contributed by atoms with Crippen molar-refractivity contribution in [2.24, 2.45) is 0 Å². The number of benzene rings is 1. The van der Waals surface area contributed by atoms with Gasteiger partial charge < -0.3 is 14.6 Å². The van der Waals surface area contributed by atoms with E-state index in [0.29, 0.717) is 6.04 Å². The normalized spacial score (nSPS) is 14.4. The lowest BCUT2D eigenvalue weighted by atomic mass is 10.3. The van der Waals surface area contributed by atoms with Crippen molar-refractivity contribution in [2.75, 3.05) is 12.4 Å². The van der Waals surface area contributed by atoms with Gasteiger partial charge in [0.25, 0.3) is 0 Å². The van der Waals surface area contributed by atoms with Crippen molar-refractivity contribution in [3.8, 4) is 5.75 Å². The molecule has 1 saturated carbocycles. The zero-order valence-corrected chi connectivity index (χ0v) is 12.4. The summed E-state index contributed by atoms with van der Waals surface area (Å²) < 4.78 is 8.65. The maximum Gasteiger partial charge on any atom is 0.142 e. The van der Waals surface area contributed by atoms with E-state index in [-0.39, 0.29) is 0 Å². The molecule has 1 heterocycles. The van der Waals surface area contributed by atoms with Crippen LogP contribution in [0.1, 0.15) is 24.6 Å². The number of rotatable bonds is 5. The van der Waals surface area contributed by atoms with E-state index in [1.807, 2.05) is 30.7 Å². The molecule has 1 aromatic heterocycles. The summed E-state index contributed by atoms with van der Waals surface area (Å²) in [6, 6.07) is 6.60. The third-order valence-electron chi connectivity index (χ3n) is 3.31. The van der Waals surface area contributed by atoms with Gasteiger partial charge in [-0.2, -0.15) is 0 Å². The van der Waals surface area contributed by atoms with Crippen molar-refractivity contribution in [3.63, 3.8) is 0 Å². The van der Waals surface area contributed by atoms with Gasteiger partial charge in [0.05, 0.1) is 31.4 Å². The SMILES string of the molecule is COc1ccc(Br)cc1NCc1cncn1C1CC1. The van der Waals surface area contributed by atoms with Crippen LogP contribution in [0.15, 0.2) is 35.2 Å². The Bertz CT molecular complexity index is 578. The van der Waals surface area contributed by atoms with Crippen LogP contribution in [0.2, 0.25) is 0 Å². The number of ether oxygens (including phenoxy) is 1. The van der Waals surface area contributed by atoms with Gasteiger partial charge in [-0.05, 0) is 31.0 Å². The van der Waals surface area contributed by atoms with Crippen LogP contribution in [0.5, 0.6) is 5.75 Å². The largest absolute Gasteiger partial charge is 0.495 e. The van der Waals surface area contributed by atoms with E-state index in [9.17, 15) is 0 Å². The maximum atomic E-state index is 5.35. The number of hydrogen-bond acceptors (Lipinski definition) is 3. The van der Waals surface area contributed by atoms with Crippen LogP contribution < -0.4 is 10.1 Å². The molecule has 0 bridgehead atoms. The third-order valence-corrected chi connectivity index (χ3v) is 3.80. The molecule has 0 spiro atoms. The highest BCUT2D eigenvalue weighted by atomic mass is 79.9. The van der Waals surface area contributed by atoms with E-state index >= 15 is 0 Å². The number of aromatic nitrogens is 2. The highest BCUT2D eigenvalue weighted by Gasteiger charge is 2.25. The van der Waals surface area contributed by atoms with Crippen molar-refractivity contribution in [3.05, 3.63) is 40.9 Å². The van der Waals surface area contributed by atoms with Gasteiger partial charge in [0, 0.05) is 16.7 Å². The average molecular weight is 322 g/mol. The van der Waals surface area contributed by atoms with Gasteiger partial charge in [-0.1, -0.05) is 15.9 Å². The smallest absolute Gasteiger partial charge is 0.142 e. The lowest BCUT2D eigenvalue weighted by Gasteiger charge is -2.12. The minimum absolute atomic E-state index is 0.656. The molecule has 4 nitrogen and oxygen atoms in total. The fourth-order valence-electron chi connectivity index (χ4n) is 2.15. The van der Waals surface area contributed by atoms with Gasteiger partial charge >= 0.3 is 0 Å². The first-order chi connectivity index (χ1) is 9.28. The quantitative estimate of drug-likeness (QED) is 0.914. The number of anilines is 1. The van der Waals surface area contributed by atoms with Crippen molar-refractivity contribution in [1.29, 1.82) is 0 Å². The average Bonchev–Trinajstić information content (AvgIpc) is 3.15. The highest BCUT2D eigenvalue weighted by molar-refractivity contribution is 9.10. The Balaban J connectivity index is 1.74. The monoisotopic (exact) mass is 321 g/mol. The summed E-state index contributed by atoms with van der Waals surface area (Å²) in [5.41, 5.74) is 2.20. The molecule has 1 N–H and O–H groups in total. The van der Waals surface area contributed by atoms with Gasteiger partial charge in [0.2, 0.25) is 0 Å². The van der Waals surface area contributed by atoms with Crippen LogP contribution in [0.25, 0.3) is 0 Å². The van der Waals surface area contributed by atoms with E-state index in [1.54, 1.807) is 7.11 Å². The maximum absolute atomic E-state index is 5.35. The molecule has 1 aromatic carbocycles. The second-order valence-electron chi connectivity index (χ2n) is 4.72. The molecule has 100 valence electrons. The van der Waals surface area contributed by atoms with Crippen molar-refractivity contribution in [2.45, 2.75) is 25.4 Å².